The van der Waals surface area contributed by atoms with Crippen LogP contribution in [-0.4, -0.2) is 9.12 Å². The van der Waals surface area contributed by atoms with E-state index >= 15 is 0 Å². The molecule has 0 amide bonds. The highest BCUT2D eigenvalue weighted by Crippen LogP contribution is 2.13. The maximum atomic E-state index is 5.40. The Morgan fingerprint density at radius 3 is 1.70 bits per heavy atom. The molecule has 0 heterocycles. The van der Waals surface area contributed by atoms with E-state index in [0.29, 0.717) is 0 Å². The third kappa shape index (κ3) is 3.68. The molecule has 0 unspecified atom stereocenters. The van der Waals surface area contributed by atoms with Crippen LogP contribution in [0, 0.1) is 24.7 Å². The molecule has 0 saturated heterocycles. The van der Waals surface area contributed by atoms with Crippen molar-refractivity contribution in [2.75, 3.05) is 9.96 Å². The Bertz CT molecular complexity index is 620. The summed E-state index contributed by atoms with van der Waals surface area (Å²) in [4.78, 5) is 6.97. The summed E-state index contributed by atoms with van der Waals surface area (Å²) in [6, 6.07) is 15.7. The minimum atomic E-state index is -1.36. The molecule has 0 fully saturated rings. The molecule has 0 saturated carbocycles. The van der Waals surface area contributed by atoms with Crippen LogP contribution in [0.15, 0.2) is 48.5 Å². The molecular formula is C17H16N2Si. The van der Waals surface area contributed by atoms with Gasteiger partial charge < -0.3 is 9.96 Å². The summed E-state index contributed by atoms with van der Waals surface area (Å²) in [6.07, 6.45) is 10.8. The van der Waals surface area contributed by atoms with Gasteiger partial charge in [0.1, 0.15) is 0 Å². The smallest absolute Gasteiger partial charge is 0.239 e. The summed E-state index contributed by atoms with van der Waals surface area (Å²) in [5.41, 5.74) is 3.84. The van der Waals surface area contributed by atoms with E-state index in [9.17, 15) is 0 Å². The van der Waals surface area contributed by atoms with Crippen molar-refractivity contribution in [3.63, 3.8) is 0 Å². The number of terminal acetylenes is 2. The van der Waals surface area contributed by atoms with E-state index in [2.05, 4.69) is 28.4 Å². The zero-order valence-corrected chi connectivity index (χ0v) is 12.5. The van der Waals surface area contributed by atoms with Crippen molar-refractivity contribution in [2.24, 2.45) is 0 Å². The summed E-state index contributed by atoms with van der Waals surface area (Å²) in [5.74, 6) is 5.28. The third-order valence-corrected chi connectivity index (χ3v) is 4.36. The van der Waals surface area contributed by atoms with Gasteiger partial charge in [-0.3, -0.25) is 0 Å². The fraction of sp³-hybridized carbons (Fsp3) is 0.0588. The highest BCUT2D eigenvalue weighted by atomic mass is 28.3. The predicted molar refractivity (Wildman–Crippen MR) is 89.0 cm³/mol. The van der Waals surface area contributed by atoms with Gasteiger partial charge in [0.15, 0.2) is 0 Å². The van der Waals surface area contributed by atoms with Crippen molar-refractivity contribution in [1.82, 2.24) is 0 Å². The average Bonchev–Trinajstić information content (AvgIpc) is 2.47. The van der Waals surface area contributed by atoms with E-state index in [1.807, 2.05) is 48.5 Å². The fourth-order valence-corrected chi connectivity index (χ4v) is 3.36. The van der Waals surface area contributed by atoms with Crippen molar-refractivity contribution < 1.29 is 0 Å². The first-order chi connectivity index (χ1) is 9.71. The molecule has 0 bridgehead atoms. The second-order valence-corrected chi connectivity index (χ2v) is 6.48. The number of nitrogens with one attached hydrogen (secondary N) is 2. The molecule has 0 aliphatic carbocycles. The Balaban J connectivity index is 2.03. The lowest BCUT2D eigenvalue weighted by atomic mass is 10.2. The van der Waals surface area contributed by atoms with Crippen LogP contribution >= 0.6 is 0 Å². The molecule has 0 aliphatic heterocycles. The van der Waals surface area contributed by atoms with E-state index in [1.54, 1.807) is 0 Å². The molecule has 2 aromatic rings. The van der Waals surface area contributed by atoms with Gasteiger partial charge >= 0.3 is 0 Å². The first-order valence-corrected chi connectivity index (χ1v) is 8.68. The lowest BCUT2D eigenvalue weighted by molar-refractivity contribution is 1.56. The molecule has 0 atom stereocenters. The van der Waals surface area contributed by atoms with Crippen LogP contribution in [0.4, 0.5) is 11.4 Å². The monoisotopic (exact) mass is 276 g/mol. The van der Waals surface area contributed by atoms with Gasteiger partial charge in [0, 0.05) is 22.5 Å². The second kappa shape index (κ2) is 6.52. The van der Waals surface area contributed by atoms with Gasteiger partial charge in [0.25, 0.3) is 0 Å². The van der Waals surface area contributed by atoms with E-state index in [0.717, 1.165) is 22.5 Å². The van der Waals surface area contributed by atoms with Crippen LogP contribution in [0.5, 0.6) is 0 Å². The lowest BCUT2D eigenvalue weighted by Crippen LogP contribution is -2.30. The quantitative estimate of drug-likeness (QED) is 0.662. The topological polar surface area (TPSA) is 24.1 Å². The SMILES string of the molecule is C#Cc1cccc(N[SiH](C)Nc2cccc(C#C)c2)c1. The summed E-state index contributed by atoms with van der Waals surface area (Å²) in [7, 11) is -1.36. The van der Waals surface area contributed by atoms with E-state index in [4.69, 9.17) is 12.8 Å². The average molecular weight is 276 g/mol. The van der Waals surface area contributed by atoms with Gasteiger partial charge in [0.05, 0.1) is 0 Å². The minimum Gasteiger partial charge on any atom is -0.397 e. The number of rotatable bonds is 4. The van der Waals surface area contributed by atoms with Crippen molar-refractivity contribution in [3.8, 4) is 24.7 Å². The molecule has 20 heavy (non-hydrogen) atoms. The Kier molecular flexibility index (Phi) is 4.50. The number of hydrogen-bond acceptors (Lipinski definition) is 2. The van der Waals surface area contributed by atoms with Crippen LogP contribution in [0.1, 0.15) is 11.1 Å². The van der Waals surface area contributed by atoms with E-state index < -0.39 is 9.12 Å². The maximum absolute atomic E-state index is 5.40. The van der Waals surface area contributed by atoms with Crippen molar-refractivity contribution in [3.05, 3.63) is 59.7 Å². The van der Waals surface area contributed by atoms with Crippen LogP contribution in [-0.2, 0) is 0 Å². The van der Waals surface area contributed by atoms with Crippen molar-refractivity contribution >= 4 is 20.5 Å². The van der Waals surface area contributed by atoms with Crippen LogP contribution in [0.2, 0.25) is 6.55 Å². The minimum absolute atomic E-state index is 0.880. The molecule has 2 N–H and O–H groups in total. The molecule has 98 valence electrons. The highest BCUT2D eigenvalue weighted by molar-refractivity contribution is 6.64. The molecule has 0 spiro atoms. The summed E-state index contributed by atoms with van der Waals surface area (Å²) in [5, 5.41) is 0. The standard InChI is InChI=1S/C17H16N2Si/c1-4-14-8-6-10-16(12-14)18-20(3)19-17-11-7-9-15(5-2)13-17/h1-2,6-13,18-20H,3H3. The van der Waals surface area contributed by atoms with E-state index in [1.165, 1.54) is 0 Å². The first kappa shape index (κ1) is 13.8. The normalized spacial score (nSPS) is 9.60. The Labute approximate surface area is 122 Å². The van der Waals surface area contributed by atoms with Gasteiger partial charge in [-0.2, -0.15) is 0 Å². The molecule has 2 nitrogen and oxygen atoms in total. The molecule has 0 aliphatic rings. The number of anilines is 2. The summed E-state index contributed by atoms with van der Waals surface area (Å²) in [6.45, 7) is 2.17. The van der Waals surface area contributed by atoms with Gasteiger partial charge in [-0.15, -0.1) is 12.8 Å². The van der Waals surface area contributed by atoms with Gasteiger partial charge in [0.2, 0.25) is 9.12 Å². The lowest BCUT2D eigenvalue weighted by Gasteiger charge is -2.16. The Morgan fingerprint density at radius 1 is 0.850 bits per heavy atom. The number of hydrogen-bond donors (Lipinski definition) is 2. The largest absolute Gasteiger partial charge is 0.397 e. The van der Waals surface area contributed by atoms with Gasteiger partial charge in [-0.05, 0) is 42.9 Å². The van der Waals surface area contributed by atoms with Crippen molar-refractivity contribution in [1.29, 1.82) is 0 Å². The molecular weight excluding hydrogens is 260 g/mol. The fourth-order valence-electron chi connectivity index (χ4n) is 1.93. The van der Waals surface area contributed by atoms with Gasteiger partial charge in [-0.25, -0.2) is 0 Å². The zero-order chi connectivity index (χ0) is 14.4. The first-order valence-electron chi connectivity index (χ1n) is 6.37. The number of benzene rings is 2. The van der Waals surface area contributed by atoms with Crippen LogP contribution in [0.25, 0.3) is 0 Å². The Hall–Kier alpha value is -2.62. The van der Waals surface area contributed by atoms with Crippen molar-refractivity contribution in [2.45, 2.75) is 6.55 Å². The summed E-state index contributed by atoms with van der Waals surface area (Å²) < 4.78 is 0. The van der Waals surface area contributed by atoms with Crippen LogP contribution in [0.3, 0.4) is 0 Å². The summed E-state index contributed by atoms with van der Waals surface area (Å²) >= 11 is 0. The van der Waals surface area contributed by atoms with Gasteiger partial charge in [-0.1, -0.05) is 24.0 Å². The van der Waals surface area contributed by atoms with E-state index in [-0.39, 0.29) is 0 Å². The molecule has 2 aromatic carbocycles. The third-order valence-electron chi connectivity index (χ3n) is 2.82. The maximum Gasteiger partial charge on any atom is 0.239 e. The molecule has 2 rings (SSSR count). The molecule has 3 heteroatoms. The predicted octanol–water partition coefficient (Wildman–Crippen LogP) is 3.02. The second-order valence-electron chi connectivity index (χ2n) is 4.46. The molecule has 0 aromatic heterocycles. The zero-order valence-electron chi connectivity index (χ0n) is 11.4. The molecule has 0 radical (unpaired) electrons. The Morgan fingerprint density at radius 2 is 1.30 bits per heavy atom. The van der Waals surface area contributed by atoms with Crippen LogP contribution < -0.4 is 9.96 Å². The highest BCUT2D eigenvalue weighted by Gasteiger charge is 2.05.